The number of phosphoric acid groups is 2. The third-order valence-electron chi connectivity index (χ3n) is 16.6. The maximum Gasteiger partial charge on any atom is 0.472 e. The smallest absolute Gasteiger partial charge is 0.462 e. The van der Waals surface area contributed by atoms with Crippen LogP contribution < -0.4 is 0 Å². The number of carbonyl (C=O) groups excluding carboxylic acids is 4. The van der Waals surface area contributed by atoms with Crippen LogP contribution >= 0.6 is 15.6 Å². The highest BCUT2D eigenvalue weighted by atomic mass is 31.2. The van der Waals surface area contributed by atoms with Crippen LogP contribution in [0.25, 0.3) is 0 Å². The van der Waals surface area contributed by atoms with Gasteiger partial charge in [0, 0.05) is 19.3 Å². The van der Waals surface area contributed by atoms with Gasteiger partial charge in [-0.05, 0) is 167 Å². The van der Waals surface area contributed by atoms with Crippen molar-refractivity contribution in [1.29, 1.82) is 0 Å². The molecule has 17 nitrogen and oxygen atoms in total. The Hall–Kier alpha value is -6.10. The minimum atomic E-state index is -5.02. The number of hydrogen-bond donors (Lipinski definition) is 3. The molecule has 0 rings (SSSR count). The summed E-state index contributed by atoms with van der Waals surface area (Å²) < 4.78 is 68.6. The minimum absolute atomic E-state index is 0.0655. The molecule has 0 saturated heterocycles. The molecule has 19 heteroatoms. The second kappa shape index (κ2) is 80.9. The molecule has 110 heavy (non-hydrogen) atoms. The van der Waals surface area contributed by atoms with Crippen molar-refractivity contribution in [2.75, 3.05) is 39.6 Å². The zero-order valence-corrected chi connectivity index (χ0v) is 69.9. The van der Waals surface area contributed by atoms with Gasteiger partial charge in [0.1, 0.15) is 19.3 Å². The van der Waals surface area contributed by atoms with E-state index in [1.807, 2.05) is 12.2 Å². The first-order chi connectivity index (χ1) is 53.7. The van der Waals surface area contributed by atoms with Gasteiger partial charge in [0.25, 0.3) is 0 Å². The molecule has 0 fully saturated rings. The highest BCUT2D eigenvalue weighted by Crippen LogP contribution is 2.45. The molecule has 5 unspecified atom stereocenters. The molecule has 0 aliphatic heterocycles. The van der Waals surface area contributed by atoms with Crippen molar-refractivity contribution < 1.29 is 80.2 Å². The average Bonchev–Trinajstić information content (AvgIpc) is 0.906. The molecule has 3 N–H and O–H groups in total. The maximum atomic E-state index is 13.1. The van der Waals surface area contributed by atoms with Crippen LogP contribution in [0.3, 0.4) is 0 Å². The zero-order valence-electron chi connectivity index (χ0n) is 68.1. The lowest BCUT2D eigenvalue weighted by Gasteiger charge is -2.21. The van der Waals surface area contributed by atoms with Crippen molar-refractivity contribution in [1.82, 2.24) is 0 Å². The fraction of sp³-hybridized carbons (Fsp3) is 0.604. The standard InChI is InChI=1S/C91H146O17P2/c1-5-9-13-17-21-25-29-33-37-40-42-45-48-51-55-59-63-67-71-75-88(93)101-81-86(107-90(95)77-73-69-65-61-57-53-47-36-32-28-24-20-16-12-8-4)83-105-109(97,98)103-79-85(92)80-104-110(99,100)106-84-87(108-91(96)78-74-70-66-62-58-54-50-44-39-35-31-27-23-19-15-11-7-3)82-102-89(94)76-72-68-64-60-56-52-49-46-43-41-38-34-30-26-22-18-14-10-6-2/h10-12,14-16,21-28,33-39,42-43,45-47,52,56-57,61,69,73,85-87,92H,5-9,13,17-20,29-32,40-41,44,48-51,53-55,58-60,62-68,70-72,74-84H2,1-4H3,(H,97,98)(H,99,100)/b14-10-,15-11-,16-12-,25-21-,26-22-,27-23-,28-24-,37-33-,38-34-,39-35-,45-42-,46-43-,47-36-,56-52-,61-57-,73-69-. The molecule has 5 atom stereocenters. The Morgan fingerprint density at radius 3 is 0.818 bits per heavy atom. The molecule has 0 heterocycles. The van der Waals surface area contributed by atoms with E-state index in [-0.39, 0.29) is 25.7 Å². The van der Waals surface area contributed by atoms with Crippen LogP contribution in [-0.2, 0) is 65.4 Å². The molecule has 0 aliphatic rings. The monoisotopic (exact) mass is 1570 g/mol. The van der Waals surface area contributed by atoms with Crippen LogP contribution in [0.15, 0.2) is 194 Å². The van der Waals surface area contributed by atoms with E-state index in [9.17, 15) is 43.2 Å². The Bertz CT molecular complexity index is 2850. The summed E-state index contributed by atoms with van der Waals surface area (Å²) in [6, 6.07) is 0. The van der Waals surface area contributed by atoms with Crippen LogP contribution in [0.2, 0.25) is 0 Å². The number of aliphatic hydroxyl groups is 1. The van der Waals surface area contributed by atoms with E-state index >= 15 is 0 Å². The van der Waals surface area contributed by atoms with Crippen molar-refractivity contribution in [2.45, 2.75) is 316 Å². The van der Waals surface area contributed by atoms with Gasteiger partial charge in [-0.25, -0.2) is 9.13 Å². The van der Waals surface area contributed by atoms with Crippen molar-refractivity contribution >= 4 is 39.5 Å². The van der Waals surface area contributed by atoms with Gasteiger partial charge in [-0.2, -0.15) is 0 Å². The Balaban J connectivity index is 5.50. The van der Waals surface area contributed by atoms with Gasteiger partial charge in [-0.3, -0.25) is 37.3 Å². The van der Waals surface area contributed by atoms with Crippen LogP contribution in [0.5, 0.6) is 0 Å². The summed E-state index contributed by atoms with van der Waals surface area (Å²) >= 11 is 0. The third-order valence-corrected chi connectivity index (χ3v) is 18.5. The molecule has 0 radical (unpaired) electrons. The van der Waals surface area contributed by atoms with Crippen LogP contribution in [0, 0.1) is 0 Å². The van der Waals surface area contributed by atoms with Crippen molar-refractivity contribution in [3.8, 4) is 0 Å². The Morgan fingerprint density at radius 2 is 0.509 bits per heavy atom. The number of unbranched alkanes of at least 4 members (excludes halogenated alkanes) is 19. The number of esters is 4. The van der Waals surface area contributed by atoms with Gasteiger partial charge in [-0.15, -0.1) is 0 Å². The topological polar surface area (TPSA) is 237 Å². The van der Waals surface area contributed by atoms with Crippen molar-refractivity contribution in [2.24, 2.45) is 0 Å². The quantitative estimate of drug-likeness (QED) is 0.0169. The fourth-order valence-corrected chi connectivity index (χ4v) is 11.9. The summed E-state index contributed by atoms with van der Waals surface area (Å²) in [5.74, 6) is -2.40. The average molecular weight is 1570 g/mol. The molecule has 0 aromatic carbocycles. The number of hydrogen-bond acceptors (Lipinski definition) is 15. The molecule has 0 bridgehead atoms. The summed E-state index contributed by atoms with van der Waals surface area (Å²) in [6.07, 6.45) is 100.0. The van der Waals surface area contributed by atoms with Crippen LogP contribution in [0.4, 0.5) is 0 Å². The SMILES string of the molecule is CC/C=C\C/C=C\C/C=C\C/C=C\C/C=C\CCCCCC(=O)OCC(COP(=O)(O)OCC(O)COP(=O)(O)OCC(COC(=O)CCCCCCCC/C=C\C/C=C\C/C=C\CCCCC)OC(=O)C/C=C\C/C=C\C/C=C\C/C=C\C/C=C\CC)OC(=O)CCCCCCCCC/C=C\C/C=C\C/C=C\CC. The van der Waals surface area contributed by atoms with Crippen LogP contribution in [0.1, 0.15) is 297 Å². The Morgan fingerprint density at radius 1 is 0.273 bits per heavy atom. The molecular weight excluding hydrogens is 1430 g/mol. The normalized spacial score (nSPS) is 14.8. The van der Waals surface area contributed by atoms with Crippen LogP contribution in [-0.4, -0.2) is 96.7 Å². The first kappa shape index (κ1) is 104. The Labute approximate surface area is 666 Å². The summed E-state index contributed by atoms with van der Waals surface area (Å²) in [6.45, 7) is 4.32. The maximum absolute atomic E-state index is 13.1. The zero-order chi connectivity index (χ0) is 80.3. The molecule has 0 spiro atoms. The lowest BCUT2D eigenvalue weighted by molar-refractivity contribution is -0.161. The van der Waals surface area contributed by atoms with Gasteiger partial charge < -0.3 is 33.8 Å². The highest BCUT2D eigenvalue weighted by molar-refractivity contribution is 7.47. The fourth-order valence-electron chi connectivity index (χ4n) is 10.3. The number of aliphatic hydroxyl groups excluding tert-OH is 1. The lowest BCUT2D eigenvalue weighted by Crippen LogP contribution is -2.30. The first-order valence-corrected chi connectivity index (χ1v) is 44.7. The second-order valence-electron chi connectivity index (χ2n) is 26.9. The van der Waals surface area contributed by atoms with E-state index in [0.717, 1.165) is 199 Å². The Kier molecular flexibility index (Phi) is 76.4. The van der Waals surface area contributed by atoms with E-state index < -0.39 is 97.5 Å². The molecule has 0 aromatic heterocycles. The largest absolute Gasteiger partial charge is 0.472 e. The van der Waals surface area contributed by atoms with Crippen molar-refractivity contribution in [3.05, 3.63) is 194 Å². The van der Waals surface area contributed by atoms with E-state index in [1.165, 1.54) is 19.3 Å². The molecular formula is C91H146O17P2. The van der Waals surface area contributed by atoms with Gasteiger partial charge in [0.2, 0.25) is 0 Å². The van der Waals surface area contributed by atoms with Gasteiger partial charge in [0.05, 0.1) is 32.8 Å². The lowest BCUT2D eigenvalue weighted by atomic mass is 10.1. The summed E-state index contributed by atoms with van der Waals surface area (Å²) in [5.41, 5.74) is 0. The van der Waals surface area contributed by atoms with Crippen molar-refractivity contribution in [3.63, 3.8) is 0 Å². The number of carbonyl (C=O) groups is 4. The molecule has 0 aromatic rings. The minimum Gasteiger partial charge on any atom is -0.462 e. The summed E-state index contributed by atoms with van der Waals surface area (Å²) in [7, 11) is -10.0. The predicted octanol–water partition coefficient (Wildman–Crippen LogP) is 24.9. The van der Waals surface area contributed by atoms with Gasteiger partial charge in [-0.1, -0.05) is 299 Å². The highest BCUT2D eigenvalue weighted by Gasteiger charge is 2.30. The van der Waals surface area contributed by atoms with E-state index in [1.54, 1.807) is 12.2 Å². The number of ether oxygens (including phenoxy) is 4. The van der Waals surface area contributed by atoms with E-state index in [4.69, 9.17) is 37.0 Å². The third kappa shape index (κ3) is 80.0. The summed E-state index contributed by atoms with van der Waals surface area (Å²) in [5, 5.41) is 10.7. The molecule has 0 aliphatic carbocycles. The number of allylic oxidation sites excluding steroid dienone is 31. The number of phosphoric ester groups is 2. The second-order valence-corrected chi connectivity index (χ2v) is 29.8. The molecule has 0 amide bonds. The summed E-state index contributed by atoms with van der Waals surface area (Å²) in [4.78, 5) is 73.1. The number of rotatable bonds is 76. The predicted molar refractivity (Wildman–Crippen MR) is 454 cm³/mol. The molecule has 622 valence electrons. The first-order valence-electron chi connectivity index (χ1n) is 41.7. The van der Waals surface area contributed by atoms with Gasteiger partial charge >= 0.3 is 39.5 Å². The van der Waals surface area contributed by atoms with E-state index in [0.29, 0.717) is 25.7 Å². The molecule has 0 saturated carbocycles. The van der Waals surface area contributed by atoms with E-state index in [2.05, 4.69) is 198 Å². The van der Waals surface area contributed by atoms with Gasteiger partial charge in [0.15, 0.2) is 12.2 Å².